The molecule has 0 aromatic heterocycles. The van der Waals surface area contributed by atoms with Crippen molar-refractivity contribution in [3.05, 3.63) is 30.3 Å². The zero-order valence-corrected chi connectivity index (χ0v) is 14.3. The molecule has 1 N–H and O–H groups in total. The molecule has 0 spiro atoms. The summed E-state index contributed by atoms with van der Waals surface area (Å²) >= 11 is 0. The molecule has 1 unspecified atom stereocenters. The van der Waals surface area contributed by atoms with E-state index < -0.39 is 21.4 Å². The second kappa shape index (κ2) is 5.04. The van der Waals surface area contributed by atoms with Gasteiger partial charge < -0.3 is 5.11 Å². The fraction of sp³-hybridized carbons (Fsp3) is 0.467. The van der Waals surface area contributed by atoms with Crippen LogP contribution in [0.1, 0.15) is 6.92 Å². The van der Waals surface area contributed by atoms with E-state index in [-0.39, 0.29) is 0 Å². The molecule has 0 aliphatic carbocycles. The van der Waals surface area contributed by atoms with Crippen molar-refractivity contribution in [2.45, 2.75) is 44.9 Å². The zero-order valence-electron chi connectivity index (χ0n) is 12.3. The van der Waals surface area contributed by atoms with Crippen LogP contribution < -0.4 is 5.19 Å². The summed E-state index contributed by atoms with van der Waals surface area (Å²) in [6.07, 6.45) is 0. The van der Waals surface area contributed by atoms with Gasteiger partial charge >= 0.3 is 0 Å². The first kappa shape index (κ1) is 15.2. The molecule has 0 aliphatic rings. The van der Waals surface area contributed by atoms with E-state index in [9.17, 15) is 5.11 Å². The molecule has 0 bridgehead atoms. The maximum Gasteiger partial charge on any atom is 0.131 e. The van der Waals surface area contributed by atoms with Gasteiger partial charge in [0.05, 0.1) is 0 Å². The normalized spacial score (nSPS) is 15.5. The van der Waals surface area contributed by atoms with Gasteiger partial charge in [0.25, 0.3) is 0 Å². The predicted octanol–water partition coefficient (Wildman–Crippen LogP) is 2.77. The van der Waals surface area contributed by atoms with Crippen molar-refractivity contribution < 1.29 is 5.11 Å². The Morgan fingerprint density at radius 3 is 1.94 bits per heavy atom. The number of hydrogen-bond acceptors (Lipinski definition) is 1. The third-order valence-corrected chi connectivity index (χ3v) is 8.60. The molecule has 1 rings (SSSR count). The Morgan fingerprint density at radius 1 is 1.00 bits per heavy atom. The van der Waals surface area contributed by atoms with E-state index in [1.54, 1.807) is 0 Å². The molecule has 0 saturated carbocycles. The van der Waals surface area contributed by atoms with Crippen LogP contribution in [0.15, 0.2) is 30.3 Å². The fourth-order valence-corrected chi connectivity index (χ4v) is 4.31. The Morgan fingerprint density at radius 2 is 1.50 bits per heavy atom. The number of hydrogen-bond donors (Lipinski definition) is 1. The van der Waals surface area contributed by atoms with Crippen LogP contribution in [-0.2, 0) is 0 Å². The van der Waals surface area contributed by atoms with Crippen molar-refractivity contribution >= 4 is 21.3 Å². The first-order valence-corrected chi connectivity index (χ1v) is 12.9. The van der Waals surface area contributed by atoms with Crippen LogP contribution in [0.3, 0.4) is 0 Å². The third kappa shape index (κ3) is 3.58. The third-order valence-electron chi connectivity index (χ3n) is 3.39. The SMILES string of the molecule is CC(O)(C#C[Si](C)(C)C)[Si](C)(C)c1ccccc1. The van der Waals surface area contributed by atoms with Crippen LogP contribution >= 0.6 is 0 Å². The topological polar surface area (TPSA) is 20.2 Å². The van der Waals surface area contributed by atoms with Gasteiger partial charge in [0.1, 0.15) is 21.4 Å². The lowest BCUT2D eigenvalue weighted by molar-refractivity contribution is 0.198. The molecule has 0 heterocycles. The minimum absolute atomic E-state index is 0.880. The van der Waals surface area contributed by atoms with Gasteiger partial charge in [-0.3, -0.25) is 0 Å². The van der Waals surface area contributed by atoms with E-state index in [4.69, 9.17) is 0 Å². The molecule has 0 aliphatic heterocycles. The Kier molecular flexibility index (Phi) is 4.27. The Bertz CT molecular complexity index is 459. The second-order valence-electron chi connectivity index (χ2n) is 6.56. The highest BCUT2D eigenvalue weighted by atomic mass is 28.3. The smallest absolute Gasteiger partial charge is 0.131 e. The van der Waals surface area contributed by atoms with Crippen LogP contribution in [0.25, 0.3) is 0 Å². The van der Waals surface area contributed by atoms with Gasteiger partial charge in [-0.2, -0.15) is 0 Å². The van der Waals surface area contributed by atoms with Gasteiger partial charge in [0.15, 0.2) is 0 Å². The first-order valence-electron chi connectivity index (χ1n) is 6.38. The monoisotopic (exact) mass is 276 g/mol. The minimum atomic E-state index is -2.00. The summed E-state index contributed by atoms with van der Waals surface area (Å²) in [7, 11) is -3.45. The van der Waals surface area contributed by atoms with E-state index in [0.29, 0.717) is 0 Å². The Balaban J connectivity index is 3.14. The zero-order chi connectivity index (χ0) is 14.0. The van der Waals surface area contributed by atoms with Gasteiger partial charge in [-0.25, -0.2) is 0 Å². The number of benzene rings is 1. The summed E-state index contributed by atoms with van der Waals surface area (Å²) in [5.74, 6) is 3.17. The minimum Gasteiger partial charge on any atom is -0.381 e. The second-order valence-corrected chi connectivity index (χ2v) is 16.1. The van der Waals surface area contributed by atoms with Crippen molar-refractivity contribution in [1.82, 2.24) is 0 Å². The first-order chi connectivity index (χ1) is 8.06. The van der Waals surface area contributed by atoms with E-state index in [1.807, 2.05) is 25.1 Å². The highest BCUT2D eigenvalue weighted by molar-refractivity contribution is 6.93. The largest absolute Gasteiger partial charge is 0.381 e. The van der Waals surface area contributed by atoms with Crippen molar-refractivity contribution in [2.24, 2.45) is 0 Å². The average molecular weight is 277 g/mol. The van der Waals surface area contributed by atoms with Crippen LogP contribution in [0.2, 0.25) is 32.7 Å². The van der Waals surface area contributed by atoms with E-state index >= 15 is 0 Å². The van der Waals surface area contributed by atoms with Crippen LogP contribution in [0.5, 0.6) is 0 Å². The molecule has 0 fully saturated rings. The Hall–Kier alpha value is -0.826. The van der Waals surface area contributed by atoms with Gasteiger partial charge in [0.2, 0.25) is 0 Å². The molecule has 1 nitrogen and oxygen atoms in total. The molecule has 0 amide bonds. The summed E-state index contributed by atoms with van der Waals surface area (Å²) in [5.41, 5.74) is 3.31. The van der Waals surface area contributed by atoms with Crippen LogP contribution in [-0.4, -0.2) is 26.5 Å². The summed E-state index contributed by atoms with van der Waals surface area (Å²) < 4.78 is 0. The quantitative estimate of drug-likeness (QED) is 0.650. The molecule has 3 heteroatoms. The summed E-state index contributed by atoms with van der Waals surface area (Å²) in [4.78, 5) is 0. The van der Waals surface area contributed by atoms with Crippen LogP contribution in [0.4, 0.5) is 0 Å². The molecular formula is C15H24OSi2. The summed E-state index contributed by atoms with van der Waals surface area (Å²) in [5, 5.41) is 11.1. The maximum atomic E-state index is 10.8. The van der Waals surface area contributed by atoms with E-state index in [2.05, 4.69) is 56.3 Å². The highest BCUT2D eigenvalue weighted by Crippen LogP contribution is 2.20. The molecular weight excluding hydrogens is 252 g/mol. The molecule has 1 atom stereocenters. The van der Waals surface area contributed by atoms with Crippen molar-refractivity contribution in [3.8, 4) is 11.5 Å². The standard InChI is InChI=1S/C15H24OSi2/c1-15(16,12-13-17(2,3)4)18(5,6)14-10-8-7-9-11-14/h7-11,16H,1-6H3. The maximum absolute atomic E-state index is 10.8. The van der Waals surface area contributed by atoms with Crippen LogP contribution in [0, 0.1) is 11.5 Å². The van der Waals surface area contributed by atoms with Gasteiger partial charge in [-0.1, -0.05) is 74.2 Å². The lowest BCUT2D eigenvalue weighted by Gasteiger charge is -2.35. The van der Waals surface area contributed by atoms with E-state index in [0.717, 1.165) is 0 Å². The number of aliphatic hydroxyl groups is 1. The van der Waals surface area contributed by atoms with Gasteiger partial charge in [0, 0.05) is 0 Å². The molecule has 1 aromatic rings. The number of rotatable bonds is 2. The highest BCUT2D eigenvalue weighted by Gasteiger charge is 2.41. The molecule has 18 heavy (non-hydrogen) atoms. The van der Waals surface area contributed by atoms with Crippen molar-refractivity contribution in [1.29, 1.82) is 0 Å². The molecule has 98 valence electrons. The molecule has 0 saturated heterocycles. The van der Waals surface area contributed by atoms with Crippen molar-refractivity contribution in [2.75, 3.05) is 0 Å². The molecule has 0 radical (unpaired) electrons. The Labute approximate surface area is 113 Å². The average Bonchev–Trinajstić information content (AvgIpc) is 2.27. The fourth-order valence-electron chi connectivity index (χ4n) is 1.60. The van der Waals surface area contributed by atoms with E-state index in [1.165, 1.54) is 5.19 Å². The summed E-state index contributed by atoms with van der Waals surface area (Å²) in [6.45, 7) is 12.8. The predicted molar refractivity (Wildman–Crippen MR) is 85.3 cm³/mol. The molecule has 1 aromatic carbocycles. The van der Waals surface area contributed by atoms with Crippen molar-refractivity contribution in [3.63, 3.8) is 0 Å². The lowest BCUT2D eigenvalue weighted by Crippen LogP contribution is -2.60. The van der Waals surface area contributed by atoms with Gasteiger partial charge in [-0.05, 0) is 6.92 Å². The lowest BCUT2D eigenvalue weighted by atomic mass is 10.4. The van der Waals surface area contributed by atoms with Gasteiger partial charge in [-0.15, -0.1) is 5.54 Å². The summed E-state index contributed by atoms with van der Waals surface area (Å²) in [6, 6.07) is 10.3.